The SMILES string of the molecule is O=C1Nc2cnc3[nH]cc(-c4ccncn4)c3c2C12CCNCC2. The van der Waals surface area contributed by atoms with Crippen molar-refractivity contribution < 1.29 is 4.79 Å². The second-order valence-corrected chi connectivity index (χ2v) is 6.35. The minimum atomic E-state index is -0.480. The summed E-state index contributed by atoms with van der Waals surface area (Å²) in [6.07, 6.45) is 8.51. The average Bonchev–Trinajstić information content (AvgIpc) is 3.16. The molecule has 120 valence electrons. The summed E-state index contributed by atoms with van der Waals surface area (Å²) in [4.78, 5) is 28.9. The maximum atomic E-state index is 12.8. The number of aromatic nitrogens is 4. The van der Waals surface area contributed by atoms with E-state index in [4.69, 9.17) is 0 Å². The van der Waals surface area contributed by atoms with E-state index in [2.05, 4.69) is 30.6 Å². The smallest absolute Gasteiger partial charge is 0.235 e. The third-order valence-corrected chi connectivity index (χ3v) is 5.18. The van der Waals surface area contributed by atoms with Crippen molar-refractivity contribution in [1.82, 2.24) is 25.3 Å². The third kappa shape index (κ3) is 1.70. The van der Waals surface area contributed by atoms with E-state index >= 15 is 0 Å². The van der Waals surface area contributed by atoms with Gasteiger partial charge < -0.3 is 15.6 Å². The zero-order chi connectivity index (χ0) is 16.1. The number of amides is 1. The van der Waals surface area contributed by atoms with Crippen LogP contribution in [-0.2, 0) is 10.2 Å². The summed E-state index contributed by atoms with van der Waals surface area (Å²) in [6, 6.07) is 1.88. The highest BCUT2D eigenvalue weighted by atomic mass is 16.2. The molecule has 7 nitrogen and oxygen atoms in total. The highest BCUT2D eigenvalue weighted by Gasteiger charge is 2.49. The van der Waals surface area contributed by atoms with Crippen LogP contribution in [0.25, 0.3) is 22.3 Å². The molecule has 3 aromatic heterocycles. The molecule has 0 unspecified atom stereocenters. The molecular weight excluding hydrogens is 304 g/mol. The van der Waals surface area contributed by atoms with E-state index < -0.39 is 5.41 Å². The lowest BCUT2D eigenvalue weighted by Crippen LogP contribution is -2.44. The predicted molar refractivity (Wildman–Crippen MR) is 89.5 cm³/mol. The molecule has 0 radical (unpaired) electrons. The summed E-state index contributed by atoms with van der Waals surface area (Å²) in [7, 11) is 0. The lowest BCUT2D eigenvalue weighted by atomic mass is 9.73. The molecule has 3 N–H and O–H groups in total. The summed E-state index contributed by atoms with van der Waals surface area (Å²) < 4.78 is 0. The maximum Gasteiger partial charge on any atom is 0.235 e. The topological polar surface area (TPSA) is 95.6 Å². The van der Waals surface area contributed by atoms with E-state index in [0.29, 0.717) is 0 Å². The van der Waals surface area contributed by atoms with Crippen LogP contribution in [0.15, 0.2) is 31.0 Å². The fourth-order valence-corrected chi connectivity index (χ4v) is 4.03. The first kappa shape index (κ1) is 13.6. The number of hydrogen-bond acceptors (Lipinski definition) is 5. The van der Waals surface area contributed by atoms with Crippen molar-refractivity contribution in [3.8, 4) is 11.3 Å². The van der Waals surface area contributed by atoms with Gasteiger partial charge in [0.2, 0.25) is 5.91 Å². The second-order valence-electron chi connectivity index (χ2n) is 6.35. The Morgan fingerprint density at radius 3 is 2.83 bits per heavy atom. The Morgan fingerprint density at radius 1 is 1.17 bits per heavy atom. The van der Waals surface area contributed by atoms with Crippen molar-refractivity contribution >= 4 is 22.6 Å². The van der Waals surface area contributed by atoms with Gasteiger partial charge in [0.15, 0.2) is 0 Å². The Morgan fingerprint density at radius 2 is 2.04 bits per heavy atom. The van der Waals surface area contributed by atoms with Crippen molar-refractivity contribution in [2.24, 2.45) is 0 Å². The van der Waals surface area contributed by atoms with Gasteiger partial charge in [-0.2, -0.15) is 0 Å². The van der Waals surface area contributed by atoms with E-state index in [1.165, 1.54) is 6.33 Å². The molecule has 0 atom stereocenters. The first-order valence-corrected chi connectivity index (χ1v) is 8.09. The highest BCUT2D eigenvalue weighted by molar-refractivity contribution is 6.13. The van der Waals surface area contributed by atoms with Crippen molar-refractivity contribution in [3.05, 3.63) is 36.5 Å². The third-order valence-electron chi connectivity index (χ3n) is 5.18. The standard InChI is InChI=1S/C17H16N6O/c24-16-17(2-5-18-6-3-17)14-12(23-16)8-21-15-13(14)10(7-20-15)11-1-4-19-9-22-11/h1,4,7-9,18H,2-3,5-6H2,(H,20,21)(H,23,24). The molecule has 1 saturated heterocycles. The van der Waals surface area contributed by atoms with Gasteiger partial charge in [-0.1, -0.05) is 0 Å². The number of aromatic amines is 1. The van der Waals surface area contributed by atoms with Gasteiger partial charge in [0, 0.05) is 28.9 Å². The van der Waals surface area contributed by atoms with Gasteiger partial charge in [-0.25, -0.2) is 15.0 Å². The number of rotatable bonds is 1. The van der Waals surface area contributed by atoms with Crippen LogP contribution >= 0.6 is 0 Å². The number of hydrogen-bond donors (Lipinski definition) is 3. The maximum absolute atomic E-state index is 12.8. The van der Waals surface area contributed by atoms with Crippen LogP contribution in [0.1, 0.15) is 18.4 Å². The molecule has 0 aromatic carbocycles. The van der Waals surface area contributed by atoms with Gasteiger partial charge in [-0.05, 0) is 32.0 Å². The van der Waals surface area contributed by atoms with Gasteiger partial charge in [-0.3, -0.25) is 4.79 Å². The Kier molecular flexibility index (Phi) is 2.75. The number of carbonyl (C=O) groups excluding carboxylic acids is 1. The zero-order valence-corrected chi connectivity index (χ0v) is 13.0. The summed E-state index contributed by atoms with van der Waals surface area (Å²) in [5.41, 5.74) is 3.99. The van der Waals surface area contributed by atoms with E-state index in [-0.39, 0.29) is 5.91 Å². The van der Waals surface area contributed by atoms with E-state index in [1.807, 2.05) is 12.3 Å². The fraction of sp³-hybridized carbons (Fsp3) is 0.294. The molecular formula is C17H16N6O. The fourth-order valence-electron chi connectivity index (χ4n) is 4.03. The van der Waals surface area contributed by atoms with Crippen molar-refractivity contribution in [2.75, 3.05) is 18.4 Å². The van der Waals surface area contributed by atoms with Gasteiger partial charge in [0.05, 0.1) is 23.0 Å². The minimum Gasteiger partial charge on any atom is -0.345 e. The summed E-state index contributed by atoms with van der Waals surface area (Å²) in [6.45, 7) is 1.67. The van der Waals surface area contributed by atoms with E-state index in [0.717, 1.165) is 59.5 Å². The molecule has 5 rings (SSSR count). The number of fused-ring (bicyclic) bond motifs is 4. The molecule has 0 bridgehead atoms. The van der Waals surface area contributed by atoms with Gasteiger partial charge in [-0.15, -0.1) is 0 Å². The summed E-state index contributed by atoms with van der Waals surface area (Å²) in [5.74, 6) is 0.0862. The molecule has 1 spiro atoms. The Balaban J connectivity index is 1.83. The number of H-pyrrole nitrogens is 1. The van der Waals surface area contributed by atoms with Crippen LogP contribution < -0.4 is 10.6 Å². The Bertz CT molecular complexity index is 942. The normalized spacial score (nSPS) is 18.8. The quantitative estimate of drug-likeness (QED) is 0.633. The molecule has 3 aromatic rings. The van der Waals surface area contributed by atoms with E-state index in [9.17, 15) is 4.79 Å². The molecule has 24 heavy (non-hydrogen) atoms. The van der Waals surface area contributed by atoms with Gasteiger partial charge in [0.1, 0.15) is 12.0 Å². The van der Waals surface area contributed by atoms with Crippen LogP contribution in [-0.4, -0.2) is 38.9 Å². The molecule has 0 saturated carbocycles. The number of pyridine rings is 1. The van der Waals surface area contributed by atoms with Crippen molar-refractivity contribution in [2.45, 2.75) is 18.3 Å². The van der Waals surface area contributed by atoms with Gasteiger partial charge in [0.25, 0.3) is 0 Å². The van der Waals surface area contributed by atoms with Crippen molar-refractivity contribution in [1.29, 1.82) is 0 Å². The largest absolute Gasteiger partial charge is 0.345 e. The van der Waals surface area contributed by atoms with Crippen LogP contribution in [0.4, 0.5) is 5.69 Å². The molecule has 2 aliphatic rings. The Hall–Kier alpha value is -2.80. The minimum absolute atomic E-state index is 0.0862. The highest BCUT2D eigenvalue weighted by Crippen LogP contribution is 2.48. The number of piperidine rings is 1. The average molecular weight is 320 g/mol. The monoisotopic (exact) mass is 320 g/mol. The number of carbonyl (C=O) groups is 1. The molecule has 0 aliphatic carbocycles. The first-order chi connectivity index (χ1) is 11.8. The molecule has 2 aliphatic heterocycles. The molecule has 7 heteroatoms. The van der Waals surface area contributed by atoms with Crippen LogP contribution in [0, 0.1) is 0 Å². The first-order valence-electron chi connectivity index (χ1n) is 8.09. The summed E-state index contributed by atoms with van der Waals surface area (Å²) in [5, 5.41) is 7.39. The predicted octanol–water partition coefficient (Wildman–Crippen LogP) is 1.59. The molecule has 1 amide bonds. The Labute approximate surface area is 137 Å². The molecule has 1 fully saturated rings. The van der Waals surface area contributed by atoms with Crippen LogP contribution in [0.3, 0.4) is 0 Å². The van der Waals surface area contributed by atoms with Crippen LogP contribution in [0.2, 0.25) is 0 Å². The van der Waals surface area contributed by atoms with E-state index in [1.54, 1.807) is 12.4 Å². The lowest BCUT2D eigenvalue weighted by molar-refractivity contribution is -0.121. The number of nitrogens with zero attached hydrogens (tertiary/aromatic N) is 3. The number of nitrogens with one attached hydrogen (secondary N) is 3. The summed E-state index contributed by atoms with van der Waals surface area (Å²) >= 11 is 0. The number of anilines is 1. The van der Waals surface area contributed by atoms with Crippen molar-refractivity contribution in [3.63, 3.8) is 0 Å². The van der Waals surface area contributed by atoms with Gasteiger partial charge >= 0.3 is 0 Å². The zero-order valence-electron chi connectivity index (χ0n) is 13.0. The molecule has 5 heterocycles. The van der Waals surface area contributed by atoms with Crippen LogP contribution in [0.5, 0.6) is 0 Å². The lowest BCUT2D eigenvalue weighted by Gasteiger charge is -2.32. The second kappa shape index (κ2) is 4.85.